The molecule has 0 amide bonds. The molecular formula is C17H27N3O. The van der Waals surface area contributed by atoms with Gasteiger partial charge in [0.25, 0.3) is 5.56 Å². The summed E-state index contributed by atoms with van der Waals surface area (Å²) in [6, 6.07) is 5.94. The Morgan fingerprint density at radius 3 is 2.81 bits per heavy atom. The number of nitrogens with one attached hydrogen (secondary N) is 1. The predicted molar refractivity (Wildman–Crippen MR) is 85.6 cm³/mol. The summed E-state index contributed by atoms with van der Waals surface area (Å²) in [5, 5.41) is 3.81. The highest BCUT2D eigenvalue weighted by atomic mass is 16.1. The molecule has 1 N–H and O–H groups in total. The van der Waals surface area contributed by atoms with Gasteiger partial charge >= 0.3 is 0 Å². The summed E-state index contributed by atoms with van der Waals surface area (Å²) >= 11 is 0. The van der Waals surface area contributed by atoms with Crippen LogP contribution in [-0.4, -0.2) is 40.7 Å². The molecule has 4 nitrogen and oxygen atoms in total. The zero-order chi connectivity index (χ0) is 14.7. The molecule has 1 atom stereocenters. The maximum atomic E-state index is 11.8. The molecule has 1 aromatic rings. The van der Waals surface area contributed by atoms with E-state index >= 15 is 0 Å². The highest BCUT2D eigenvalue weighted by Gasteiger charge is 2.38. The molecule has 0 radical (unpaired) electrons. The van der Waals surface area contributed by atoms with Gasteiger partial charge < -0.3 is 9.88 Å². The Morgan fingerprint density at radius 2 is 2.05 bits per heavy atom. The fraction of sp³-hybridized carbons (Fsp3) is 0.706. The summed E-state index contributed by atoms with van der Waals surface area (Å²) in [7, 11) is 0. The number of aromatic nitrogens is 1. The van der Waals surface area contributed by atoms with Gasteiger partial charge in [-0.2, -0.15) is 0 Å². The molecule has 2 heterocycles. The Morgan fingerprint density at radius 1 is 1.24 bits per heavy atom. The molecular weight excluding hydrogens is 262 g/mol. The third kappa shape index (κ3) is 3.38. The lowest BCUT2D eigenvalue weighted by Crippen LogP contribution is -2.64. The number of hydrogen-bond acceptors (Lipinski definition) is 3. The van der Waals surface area contributed by atoms with E-state index in [1.165, 1.54) is 32.1 Å². The van der Waals surface area contributed by atoms with Gasteiger partial charge in [0.05, 0.1) is 0 Å². The van der Waals surface area contributed by atoms with Gasteiger partial charge in [0.15, 0.2) is 0 Å². The molecule has 2 fully saturated rings. The van der Waals surface area contributed by atoms with Gasteiger partial charge in [-0.3, -0.25) is 9.69 Å². The normalized spacial score (nSPS) is 26.0. The number of pyridine rings is 1. The van der Waals surface area contributed by atoms with Crippen molar-refractivity contribution < 1.29 is 0 Å². The average molecular weight is 289 g/mol. The Kier molecular flexibility index (Phi) is 4.45. The molecule has 2 aliphatic rings. The fourth-order valence-electron chi connectivity index (χ4n) is 3.84. The Hall–Kier alpha value is -1.13. The van der Waals surface area contributed by atoms with Crippen LogP contribution in [0.5, 0.6) is 0 Å². The first-order valence-electron chi connectivity index (χ1n) is 8.33. The summed E-state index contributed by atoms with van der Waals surface area (Å²) < 4.78 is 1.82. The van der Waals surface area contributed by atoms with E-state index in [0.717, 1.165) is 26.2 Å². The molecule has 1 unspecified atom stereocenters. The molecule has 0 bridgehead atoms. The van der Waals surface area contributed by atoms with Gasteiger partial charge in [-0.05, 0) is 25.8 Å². The molecule has 0 aromatic carbocycles. The minimum Gasteiger partial charge on any atom is -0.314 e. The van der Waals surface area contributed by atoms with E-state index in [1.807, 2.05) is 22.9 Å². The van der Waals surface area contributed by atoms with Gasteiger partial charge in [-0.25, -0.2) is 0 Å². The number of rotatable bonds is 3. The van der Waals surface area contributed by atoms with Crippen molar-refractivity contribution in [2.45, 2.75) is 57.2 Å². The van der Waals surface area contributed by atoms with Crippen molar-refractivity contribution in [1.82, 2.24) is 14.8 Å². The van der Waals surface area contributed by atoms with Crippen molar-refractivity contribution in [3.05, 3.63) is 34.7 Å². The van der Waals surface area contributed by atoms with Crippen molar-refractivity contribution in [3.63, 3.8) is 0 Å². The van der Waals surface area contributed by atoms with Crippen LogP contribution in [0.2, 0.25) is 0 Å². The first-order valence-corrected chi connectivity index (χ1v) is 8.33. The topological polar surface area (TPSA) is 37.3 Å². The standard InChI is InChI=1S/C17H27N3O/c1-15-13-18-17(8-4-2-5-9-17)14-20(15)12-11-19-10-6-3-7-16(19)21/h3,6-7,10,15,18H,2,4-5,8-9,11-14H2,1H3. The maximum Gasteiger partial charge on any atom is 0.250 e. The van der Waals surface area contributed by atoms with Crippen molar-refractivity contribution in [2.24, 2.45) is 0 Å². The van der Waals surface area contributed by atoms with E-state index in [1.54, 1.807) is 6.07 Å². The van der Waals surface area contributed by atoms with Crippen LogP contribution in [-0.2, 0) is 6.54 Å². The highest BCUT2D eigenvalue weighted by Crippen LogP contribution is 2.31. The summed E-state index contributed by atoms with van der Waals surface area (Å²) in [5.41, 5.74) is 0.444. The summed E-state index contributed by atoms with van der Waals surface area (Å²) in [5.74, 6) is 0. The highest BCUT2D eigenvalue weighted by molar-refractivity contribution is 4.99. The monoisotopic (exact) mass is 289 g/mol. The van der Waals surface area contributed by atoms with E-state index in [0.29, 0.717) is 11.6 Å². The van der Waals surface area contributed by atoms with Gasteiger partial charge in [-0.15, -0.1) is 0 Å². The van der Waals surface area contributed by atoms with Crippen LogP contribution in [0.1, 0.15) is 39.0 Å². The maximum absolute atomic E-state index is 11.8. The summed E-state index contributed by atoms with van der Waals surface area (Å²) in [4.78, 5) is 14.4. The smallest absolute Gasteiger partial charge is 0.250 e. The lowest BCUT2D eigenvalue weighted by Gasteiger charge is -2.49. The van der Waals surface area contributed by atoms with Crippen LogP contribution < -0.4 is 10.9 Å². The van der Waals surface area contributed by atoms with Crippen molar-refractivity contribution >= 4 is 0 Å². The van der Waals surface area contributed by atoms with Crippen LogP contribution in [0.15, 0.2) is 29.2 Å². The number of hydrogen-bond donors (Lipinski definition) is 1. The fourth-order valence-corrected chi connectivity index (χ4v) is 3.84. The van der Waals surface area contributed by atoms with E-state index < -0.39 is 0 Å². The molecule has 1 aliphatic carbocycles. The minimum absolute atomic E-state index is 0.104. The molecule has 1 saturated heterocycles. The number of nitrogens with zero attached hydrogens (tertiary/aromatic N) is 2. The molecule has 1 spiro atoms. The van der Waals surface area contributed by atoms with Crippen LogP contribution in [0.4, 0.5) is 0 Å². The second-order valence-corrected chi connectivity index (χ2v) is 6.77. The second-order valence-electron chi connectivity index (χ2n) is 6.77. The van der Waals surface area contributed by atoms with Gasteiger partial charge in [0, 0.05) is 50.0 Å². The predicted octanol–water partition coefficient (Wildman–Crippen LogP) is 1.84. The lowest BCUT2D eigenvalue weighted by atomic mass is 9.79. The number of piperazine rings is 1. The Balaban J connectivity index is 1.63. The molecule has 4 heteroatoms. The first kappa shape index (κ1) is 14.8. The van der Waals surface area contributed by atoms with E-state index in [2.05, 4.69) is 17.1 Å². The first-order chi connectivity index (χ1) is 10.2. The third-order valence-corrected chi connectivity index (χ3v) is 5.24. The van der Waals surface area contributed by atoms with Crippen LogP contribution in [0.3, 0.4) is 0 Å². The molecule has 3 rings (SSSR count). The molecule has 1 aliphatic heterocycles. The largest absolute Gasteiger partial charge is 0.314 e. The Labute approximate surface area is 127 Å². The van der Waals surface area contributed by atoms with E-state index in [9.17, 15) is 4.79 Å². The Bertz CT molecular complexity index is 519. The molecule has 21 heavy (non-hydrogen) atoms. The van der Waals surface area contributed by atoms with E-state index in [4.69, 9.17) is 0 Å². The quantitative estimate of drug-likeness (QED) is 0.922. The van der Waals surface area contributed by atoms with Crippen molar-refractivity contribution in [1.29, 1.82) is 0 Å². The van der Waals surface area contributed by atoms with Gasteiger partial charge in [0.1, 0.15) is 0 Å². The molecule has 116 valence electrons. The van der Waals surface area contributed by atoms with Crippen LogP contribution in [0.25, 0.3) is 0 Å². The van der Waals surface area contributed by atoms with Crippen molar-refractivity contribution in [3.8, 4) is 0 Å². The van der Waals surface area contributed by atoms with Crippen molar-refractivity contribution in [2.75, 3.05) is 19.6 Å². The molecule has 1 saturated carbocycles. The summed E-state index contributed by atoms with van der Waals surface area (Å²) in [6.07, 6.45) is 8.60. The van der Waals surface area contributed by atoms with Crippen LogP contribution >= 0.6 is 0 Å². The van der Waals surface area contributed by atoms with Crippen LogP contribution in [0, 0.1) is 0 Å². The third-order valence-electron chi connectivity index (χ3n) is 5.24. The zero-order valence-corrected chi connectivity index (χ0v) is 13.1. The van der Waals surface area contributed by atoms with Gasteiger partial charge in [0.2, 0.25) is 0 Å². The van der Waals surface area contributed by atoms with Gasteiger partial charge in [-0.1, -0.05) is 25.3 Å². The lowest BCUT2D eigenvalue weighted by molar-refractivity contribution is 0.0602. The zero-order valence-electron chi connectivity index (χ0n) is 13.1. The minimum atomic E-state index is 0.104. The van der Waals surface area contributed by atoms with E-state index in [-0.39, 0.29) is 5.56 Å². The second kappa shape index (κ2) is 6.32. The average Bonchev–Trinajstić information content (AvgIpc) is 2.51. The molecule has 1 aromatic heterocycles. The summed E-state index contributed by atoms with van der Waals surface area (Å²) in [6.45, 7) is 6.25. The SMILES string of the molecule is CC1CNC2(CCCCC2)CN1CCn1ccccc1=O.